The van der Waals surface area contributed by atoms with Crippen molar-refractivity contribution in [3.05, 3.63) is 65.6 Å². The normalized spacial score (nSPS) is 23.2. The molecule has 2 unspecified atom stereocenters. The highest BCUT2D eigenvalue weighted by atomic mass is 19.3. The van der Waals surface area contributed by atoms with E-state index in [9.17, 15) is 33.1 Å². The van der Waals surface area contributed by atoms with Crippen molar-refractivity contribution < 1.29 is 71.4 Å². The van der Waals surface area contributed by atoms with Gasteiger partial charge in [-0.2, -0.15) is 8.78 Å². The Morgan fingerprint density at radius 1 is 0.911 bits per heavy atom. The van der Waals surface area contributed by atoms with Gasteiger partial charge in [0.15, 0.2) is 24.5 Å². The fourth-order valence-electron chi connectivity index (χ4n) is 5.01. The van der Waals surface area contributed by atoms with Crippen LogP contribution in [0.1, 0.15) is 56.5 Å². The Bertz CT molecular complexity index is 1650. The largest absolute Gasteiger partial charge is 0.463 e. The number of fused-ring (bicyclic) bond motifs is 1. The molecule has 0 amide bonds. The first-order valence-electron chi connectivity index (χ1n) is 15.8. The maximum atomic E-state index is 15.5. The number of nitrogens with zero attached hydrogens (tertiary/aromatic N) is 1. The molecule has 242 valence electrons. The first kappa shape index (κ1) is 27.9. The van der Waals surface area contributed by atoms with Crippen LogP contribution >= 0.6 is 0 Å². The molecular weight excluding hydrogens is 607 g/mol. The van der Waals surface area contributed by atoms with Crippen molar-refractivity contribution in [2.75, 3.05) is 6.61 Å². The minimum Gasteiger partial charge on any atom is -0.463 e. The molecular formula is C30H30F3NO11. The lowest BCUT2D eigenvalue weighted by molar-refractivity contribution is -0.267. The average Bonchev–Trinajstić information content (AvgIpc) is 3.49. The summed E-state index contributed by atoms with van der Waals surface area (Å²) in [4.78, 5) is 49.3. The molecule has 1 aliphatic rings. The van der Waals surface area contributed by atoms with E-state index < -0.39 is 107 Å². The maximum absolute atomic E-state index is 15.5. The lowest BCUT2D eigenvalue weighted by Crippen LogP contribution is -2.60. The molecule has 0 aliphatic carbocycles. The third kappa shape index (κ3) is 7.72. The van der Waals surface area contributed by atoms with Gasteiger partial charge in [0.25, 0.3) is 0 Å². The number of ether oxygens (including phenoxy) is 6. The summed E-state index contributed by atoms with van der Waals surface area (Å²) < 4.78 is 103. The molecule has 45 heavy (non-hydrogen) atoms. The predicted molar refractivity (Wildman–Crippen MR) is 146 cm³/mol. The number of hydrogen-bond donors (Lipinski definition) is 1. The van der Waals surface area contributed by atoms with Crippen LogP contribution in [0.2, 0.25) is 0 Å². The van der Waals surface area contributed by atoms with Crippen LogP contribution in [0.25, 0.3) is 10.9 Å². The van der Waals surface area contributed by atoms with E-state index in [0.29, 0.717) is 0 Å². The van der Waals surface area contributed by atoms with Gasteiger partial charge in [-0.15, -0.1) is 0 Å². The van der Waals surface area contributed by atoms with E-state index in [2.05, 4.69) is 4.74 Å². The van der Waals surface area contributed by atoms with Crippen molar-refractivity contribution in [2.45, 2.75) is 71.0 Å². The van der Waals surface area contributed by atoms with Gasteiger partial charge >= 0.3 is 30.5 Å². The zero-order valence-electron chi connectivity index (χ0n) is 27.3. The van der Waals surface area contributed by atoms with Crippen molar-refractivity contribution in [1.29, 1.82) is 0 Å². The number of halogens is 3. The van der Waals surface area contributed by atoms with Gasteiger partial charge in [0, 0.05) is 50.2 Å². The molecule has 1 aromatic heterocycles. The standard InChI is InChI=1S/C30H30F3NO11/c1-14(35)40-13-23-26(41-15(2)36)27(42-16(3)37)28(43-17(4)38)29(45-23)34-12-20(24-21(31)6-5-7-22(24)34)25(39)18-8-10-19(11-9-18)44-30(32)33/h5-12,23,25-30,39H,13H2,1-4H3/t23-,25?,26-,27+,28-,29?/m1/s1/i1D,2D,3D,4D. The molecule has 2 aromatic carbocycles. The number of carbonyl (C=O) groups is 4. The summed E-state index contributed by atoms with van der Waals surface area (Å²) in [5.74, 6) is -5.60. The minimum atomic E-state index is -3.10. The van der Waals surface area contributed by atoms with E-state index in [1.807, 2.05) is 0 Å². The number of rotatable bonds is 10. The number of aromatic nitrogens is 1. The Kier molecular flexibility index (Phi) is 8.67. The second-order valence-corrected chi connectivity index (χ2v) is 9.59. The monoisotopic (exact) mass is 641 g/mol. The lowest BCUT2D eigenvalue weighted by atomic mass is 9.97. The van der Waals surface area contributed by atoms with Gasteiger partial charge in [-0.3, -0.25) is 19.2 Å². The molecule has 0 radical (unpaired) electrons. The van der Waals surface area contributed by atoms with E-state index in [1.165, 1.54) is 35.0 Å². The Hall–Kier alpha value is -4.63. The van der Waals surface area contributed by atoms with Gasteiger partial charge in [0.2, 0.25) is 0 Å². The van der Waals surface area contributed by atoms with Crippen LogP contribution < -0.4 is 4.74 Å². The zero-order valence-corrected chi connectivity index (χ0v) is 23.3. The molecule has 0 spiro atoms. The van der Waals surface area contributed by atoms with Crippen LogP contribution in [0, 0.1) is 5.82 Å². The lowest BCUT2D eigenvalue weighted by Gasteiger charge is -2.44. The molecule has 3 aromatic rings. The first-order chi connectivity index (χ1) is 23.4. The van der Waals surface area contributed by atoms with Crippen LogP contribution in [-0.4, -0.2) is 71.2 Å². The highest BCUT2D eigenvalue weighted by Gasteiger charge is 2.53. The number of aliphatic hydroxyl groups excluding tert-OH is 1. The molecule has 6 atom stereocenters. The number of alkyl halides is 2. The molecule has 1 aliphatic heterocycles. The molecule has 1 saturated heterocycles. The molecule has 1 N–H and O–H groups in total. The molecule has 4 rings (SSSR count). The van der Waals surface area contributed by atoms with Crippen LogP contribution in [0.3, 0.4) is 0 Å². The number of aliphatic hydroxyl groups is 1. The van der Waals surface area contributed by atoms with Crippen LogP contribution in [-0.2, 0) is 42.9 Å². The van der Waals surface area contributed by atoms with Crippen molar-refractivity contribution in [3.63, 3.8) is 0 Å². The topological polar surface area (TPSA) is 149 Å². The summed E-state index contributed by atoms with van der Waals surface area (Å²) in [6.07, 6.45) is -8.94. The van der Waals surface area contributed by atoms with Crippen molar-refractivity contribution in [3.8, 4) is 5.75 Å². The Morgan fingerprint density at radius 2 is 1.53 bits per heavy atom. The Labute approximate surface area is 260 Å². The molecule has 0 saturated carbocycles. The number of carbonyl (C=O) groups excluding carboxylic acids is 4. The van der Waals surface area contributed by atoms with Gasteiger partial charge in [-0.05, 0) is 29.8 Å². The maximum Gasteiger partial charge on any atom is 0.387 e. The van der Waals surface area contributed by atoms with E-state index in [-0.39, 0.29) is 27.8 Å². The minimum absolute atomic E-state index is 0.0118. The molecule has 2 heterocycles. The second-order valence-electron chi connectivity index (χ2n) is 9.59. The van der Waals surface area contributed by atoms with Crippen molar-refractivity contribution in [2.24, 2.45) is 0 Å². The zero-order chi connectivity index (χ0) is 35.8. The van der Waals surface area contributed by atoms with E-state index in [4.69, 9.17) is 29.2 Å². The molecule has 12 nitrogen and oxygen atoms in total. The van der Waals surface area contributed by atoms with Gasteiger partial charge in [0.05, 0.1) is 5.52 Å². The van der Waals surface area contributed by atoms with Crippen molar-refractivity contribution in [1.82, 2.24) is 4.57 Å². The summed E-state index contributed by atoms with van der Waals surface area (Å²) in [6.45, 7) is -7.46. The quantitative estimate of drug-likeness (QED) is 0.255. The fourth-order valence-corrected chi connectivity index (χ4v) is 5.01. The summed E-state index contributed by atoms with van der Waals surface area (Å²) in [5.41, 5.74) is 0.0395. The van der Waals surface area contributed by atoms with Gasteiger partial charge in [0.1, 0.15) is 30.4 Å². The summed E-state index contributed by atoms with van der Waals surface area (Å²) in [7, 11) is 0. The fraction of sp³-hybridized carbons (Fsp3) is 0.400. The molecule has 0 bridgehead atoms. The van der Waals surface area contributed by atoms with E-state index >= 15 is 4.39 Å². The van der Waals surface area contributed by atoms with Gasteiger partial charge in [-0.1, -0.05) is 18.2 Å². The van der Waals surface area contributed by atoms with Crippen LogP contribution in [0.4, 0.5) is 13.2 Å². The Morgan fingerprint density at radius 3 is 2.16 bits per heavy atom. The second kappa shape index (κ2) is 14.0. The Balaban J connectivity index is 1.89. The SMILES string of the molecule is [2H]CC(=O)OC[C@H]1OC(n2cc(C(O)c3ccc(OC(F)F)cc3)c3c(F)cccc32)[C@H](OC(=O)C[2H])[C@@H](OC(=O)C[2H])[C@@H]1OC(=O)C[2H]. The summed E-state index contributed by atoms with van der Waals surface area (Å²) in [5, 5.41) is 11.2. The first-order valence-corrected chi connectivity index (χ1v) is 13.0. The van der Waals surface area contributed by atoms with Gasteiger partial charge in [-0.25, -0.2) is 4.39 Å². The number of benzene rings is 2. The molecule has 15 heteroatoms. The number of hydrogen-bond acceptors (Lipinski definition) is 11. The van der Waals surface area contributed by atoms with Crippen LogP contribution in [0.15, 0.2) is 48.7 Å². The van der Waals surface area contributed by atoms with Crippen LogP contribution in [0.5, 0.6) is 5.75 Å². The average molecular weight is 642 g/mol. The third-order valence-electron chi connectivity index (χ3n) is 6.65. The van der Waals surface area contributed by atoms with E-state index in [0.717, 1.165) is 18.2 Å². The van der Waals surface area contributed by atoms with E-state index in [1.54, 1.807) is 0 Å². The smallest absolute Gasteiger partial charge is 0.387 e. The third-order valence-corrected chi connectivity index (χ3v) is 6.65. The van der Waals surface area contributed by atoms with Gasteiger partial charge < -0.3 is 38.1 Å². The van der Waals surface area contributed by atoms with Crippen molar-refractivity contribution >= 4 is 34.8 Å². The highest BCUT2D eigenvalue weighted by Crippen LogP contribution is 2.40. The summed E-state index contributed by atoms with van der Waals surface area (Å²) >= 11 is 0. The summed E-state index contributed by atoms with van der Waals surface area (Å²) in [6, 6.07) is 8.63. The predicted octanol–water partition coefficient (Wildman–Crippen LogP) is 3.72. The highest BCUT2D eigenvalue weighted by molar-refractivity contribution is 5.85. The molecule has 1 fully saturated rings. The number of esters is 4.